The number of nitrogens with one attached hydrogen (secondary N) is 2. The maximum absolute atomic E-state index is 12.0. The van der Waals surface area contributed by atoms with Gasteiger partial charge in [0, 0.05) is 6.54 Å². The zero-order valence-corrected chi connectivity index (χ0v) is 15.8. The lowest BCUT2D eigenvalue weighted by Crippen LogP contribution is -2.45. The molecule has 6 nitrogen and oxygen atoms in total. The Hall–Kier alpha value is -2.83. The average molecular weight is 388 g/mol. The quantitative estimate of drug-likeness (QED) is 0.539. The Labute approximate surface area is 163 Å². The average Bonchev–Trinajstić information content (AvgIpc) is 2.66. The van der Waals surface area contributed by atoms with Crippen molar-refractivity contribution in [3.63, 3.8) is 0 Å². The summed E-state index contributed by atoms with van der Waals surface area (Å²) in [6.45, 7) is 4.76. The lowest BCUT2D eigenvalue weighted by molar-refractivity contribution is -0.122. The summed E-state index contributed by atoms with van der Waals surface area (Å²) in [4.78, 5) is 25.8. The van der Waals surface area contributed by atoms with Crippen LogP contribution in [0.4, 0.5) is 0 Å². The normalized spacial score (nSPS) is 10.3. The van der Waals surface area contributed by atoms with E-state index in [0.717, 1.165) is 11.3 Å². The third-order valence-electron chi connectivity index (χ3n) is 3.59. The summed E-state index contributed by atoms with van der Waals surface area (Å²) < 4.78 is 5.43. The van der Waals surface area contributed by atoms with Crippen LogP contribution >= 0.6 is 11.6 Å². The van der Waals surface area contributed by atoms with Crippen LogP contribution in [0, 0.1) is 0 Å². The highest BCUT2D eigenvalue weighted by Gasteiger charge is 2.12. The number of carbonyl (C=O) groups is 2. The molecule has 0 aliphatic rings. The van der Waals surface area contributed by atoms with Gasteiger partial charge in [-0.15, -0.1) is 0 Å². The van der Waals surface area contributed by atoms with Gasteiger partial charge in [-0.2, -0.15) is 0 Å². The van der Waals surface area contributed by atoms with Crippen molar-refractivity contribution in [3.05, 3.63) is 77.3 Å². The molecule has 27 heavy (non-hydrogen) atoms. The lowest BCUT2D eigenvalue weighted by atomic mass is 10.2. The molecule has 0 aliphatic carbocycles. The monoisotopic (exact) mass is 387 g/mol. The second-order valence-corrected chi connectivity index (χ2v) is 6.31. The molecule has 7 heteroatoms. The Morgan fingerprint density at radius 3 is 2.52 bits per heavy atom. The number of carbonyl (C=O) groups excluding carboxylic acids is 2. The zero-order chi connectivity index (χ0) is 19.6. The van der Waals surface area contributed by atoms with Gasteiger partial charge in [-0.3, -0.25) is 25.3 Å². The standard InChI is InChI=1S/C20H22ClN3O3/c1-3-12-27-16-10-8-15(9-11-16)13-24(2)14-19(25)22-23-20(26)17-6-4-5-7-18(17)21/h3-11H,1,12-14H2,2H3,(H,22,25)(H,23,26). The van der Waals surface area contributed by atoms with Crippen molar-refractivity contribution < 1.29 is 14.3 Å². The van der Waals surface area contributed by atoms with E-state index in [1.807, 2.05) is 36.2 Å². The molecule has 2 amide bonds. The topological polar surface area (TPSA) is 70.7 Å². The van der Waals surface area contributed by atoms with Crippen molar-refractivity contribution >= 4 is 23.4 Å². The van der Waals surface area contributed by atoms with Gasteiger partial charge in [-0.1, -0.05) is 48.5 Å². The van der Waals surface area contributed by atoms with E-state index in [1.165, 1.54) is 0 Å². The number of hydrazine groups is 1. The van der Waals surface area contributed by atoms with Crippen molar-refractivity contribution in [1.29, 1.82) is 0 Å². The van der Waals surface area contributed by atoms with Crippen LogP contribution in [0.3, 0.4) is 0 Å². The predicted molar refractivity (Wildman–Crippen MR) is 106 cm³/mol. The molecule has 0 fully saturated rings. The van der Waals surface area contributed by atoms with Gasteiger partial charge in [-0.05, 0) is 36.9 Å². The summed E-state index contributed by atoms with van der Waals surface area (Å²) in [5.74, 6) is -0.0307. The van der Waals surface area contributed by atoms with E-state index in [4.69, 9.17) is 16.3 Å². The van der Waals surface area contributed by atoms with Crippen molar-refractivity contribution in [2.75, 3.05) is 20.2 Å². The molecule has 0 aliphatic heterocycles. The summed E-state index contributed by atoms with van der Waals surface area (Å²) in [5.41, 5.74) is 6.09. The highest BCUT2D eigenvalue weighted by atomic mass is 35.5. The van der Waals surface area contributed by atoms with Crippen molar-refractivity contribution in [2.45, 2.75) is 6.54 Å². The molecule has 0 atom stereocenters. The molecule has 2 aromatic rings. The number of nitrogens with zero attached hydrogens (tertiary/aromatic N) is 1. The molecule has 0 aromatic heterocycles. The minimum Gasteiger partial charge on any atom is -0.490 e. The highest BCUT2D eigenvalue weighted by Crippen LogP contribution is 2.14. The van der Waals surface area contributed by atoms with Gasteiger partial charge >= 0.3 is 0 Å². The maximum atomic E-state index is 12.0. The molecular formula is C20H22ClN3O3. The third-order valence-corrected chi connectivity index (χ3v) is 3.92. The number of amides is 2. The number of rotatable bonds is 8. The summed E-state index contributed by atoms with van der Waals surface area (Å²) in [7, 11) is 1.82. The lowest BCUT2D eigenvalue weighted by Gasteiger charge is -2.17. The minimum atomic E-state index is -0.466. The van der Waals surface area contributed by atoms with E-state index in [0.29, 0.717) is 23.7 Å². The first-order chi connectivity index (χ1) is 13.0. The molecular weight excluding hydrogens is 366 g/mol. The van der Waals surface area contributed by atoms with Crippen LogP contribution in [0.1, 0.15) is 15.9 Å². The number of likely N-dealkylation sites (N-methyl/N-ethyl adjacent to an activating group) is 1. The van der Waals surface area contributed by atoms with Gasteiger partial charge in [-0.25, -0.2) is 0 Å². The van der Waals surface area contributed by atoms with Gasteiger partial charge < -0.3 is 4.74 Å². The van der Waals surface area contributed by atoms with Gasteiger partial charge in [0.05, 0.1) is 17.1 Å². The smallest absolute Gasteiger partial charge is 0.271 e. The first kappa shape index (κ1) is 20.5. The van der Waals surface area contributed by atoms with E-state index in [9.17, 15) is 9.59 Å². The van der Waals surface area contributed by atoms with Crippen LogP contribution in [0.2, 0.25) is 5.02 Å². The molecule has 2 N–H and O–H groups in total. The molecule has 142 valence electrons. The molecule has 0 spiro atoms. The Kier molecular flexibility index (Phi) is 7.85. The van der Waals surface area contributed by atoms with Crippen LogP contribution in [-0.2, 0) is 11.3 Å². The number of hydrogen-bond donors (Lipinski definition) is 2. The number of hydrogen-bond acceptors (Lipinski definition) is 4. The fourth-order valence-electron chi connectivity index (χ4n) is 2.34. The highest BCUT2D eigenvalue weighted by molar-refractivity contribution is 6.33. The molecule has 2 rings (SSSR count). The Bertz CT molecular complexity index is 793. The molecule has 0 heterocycles. The second-order valence-electron chi connectivity index (χ2n) is 5.90. The summed E-state index contributed by atoms with van der Waals surface area (Å²) in [6.07, 6.45) is 1.69. The van der Waals surface area contributed by atoms with E-state index >= 15 is 0 Å². The minimum absolute atomic E-state index is 0.123. The first-order valence-corrected chi connectivity index (χ1v) is 8.72. The number of benzene rings is 2. The molecule has 0 unspecified atom stereocenters. The summed E-state index contributed by atoms with van der Waals surface area (Å²) in [5, 5.41) is 0.321. The van der Waals surface area contributed by atoms with Crippen molar-refractivity contribution in [2.24, 2.45) is 0 Å². The second kappa shape index (κ2) is 10.4. The summed E-state index contributed by atoms with van der Waals surface area (Å²) >= 11 is 5.95. The van der Waals surface area contributed by atoms with E-state index in [1.54, 1.807) is 30.3 Å². The van der Waals surface area contributed by atoms with Crippen LogP contribution in [0.5, 0.6) is 5.75 Å². The van der Waals surface area contributed by atoms with Gasteiger partial charge in [0.2, 0.25) is 0 Å². The molecule has 2 aromatic carbocycles. The SMILES string of the molecule is C=CCOc1ccc(CN(C)CC(=O)NNC(=O)c2ccccc2Cl)cc1. The molecule has 0 saturated heterocycles. The van der Waals surface area contributed by atoms with Crippen LogP contribution in [0.15, 0.2) is 61.2 Å². The molecule has 0 bridgehead atoms. The van der Waals surface area contributed by atoms with Crippen LogP contribution in [0.25, 0.3) is 0 Å². The van der Waals surface area contributed by atoms with Crippen LogP contribution < -0.4 is 15.6 Å². The van der Waals surface area contributed by atoms with Crippen molar-refractivity contribution in [1.82, 2.24) is 15.8 Å². The zero-order valence-electron chi connectivity index (χ0n) is 15.1. The third kappa shape index (κ3) is 6.77. The van der Waals surface area contributed by atoms with Crippen molar-refractivity contribution in [3.8, 4) is 5.75 Å². The van der Waals surface area contributed by atoms with Gasteiger partial charge in [0.25, 0.3) is 11.8 Å². The molecule has 0 saturated carbocycles. The van der Waals surface area contributed by atoms with E-state index in [-0.39, 0.29) is 12.5 Å². The number of halogens is 1. The molecule has 0 radical (unpaired) electrons. The maximum Gasteiger partial charge on any atom is 0.271 e. The fourth-order valence-corrected chi connectivity index (χ4v) is 2.56. The Morgan fingerprint density at radius 1 is 1.15 bits per heavy atom. The fraction of sp³-hybridized carbons (Fsp3) is 0.200. The summed E-state index contributed by atoms with van der Waals surface area (Å²) in [6, 6.07) is 14.2. The van der Waals surface area contributed by atoms with Crippen LogP contribution in [-0.4, -0.2) is 36.9 Å². The number of ether oxygens (including phenoxy) is 1. The van der Waals surface area contributed by atoms with E-state index < -0.39 is 5.91 Å². The van der Waals surface area contributed by atoms with Gasteiger partial charge in [0.15, 0.2) is 0 Å². The Balaban J connectivity index is 1.77. The van der Waals surface area contributed by atoms with E-state index in [2.05, 4.69) is 17.4 Å². The predicted octanol–water partition coefficient (Wildman–Crippen LogP) is 2.80. The first-order valence-electron chi connectivity index (χ1n) is 8.34. The largest absolute Gasteiger partial charge is 0.490 e. The Morgan fingerprint density at radius 2 is 1.85 bits per heavy atom. The van der Waals surface area contributed by atoms with Gasteiger partial charge in [0.1, 0.15) is 12.4 Å².